The molecule has 0 N–H and O–H groups in total. The number of unbranched alkanes of at least 4 members (excludes halogenated alkanes) is 47. The van der Waals surface area contributed by atoms with Gasteiger partial charge in [0, 0.05) is 19.3 Å². The highest BCUT2D eigenvalue weighted by Crippen LogP contribution is 2.18. The van der Waals surface area contributed by atoms with Crippen LogP contribution in [-0.4, -0.2) is 37.2 Å². The Balaban J connectivity index is 4.15. The predicted octanol–water partition coefficient (Wildman–Crippen LogP) is 21.7. The van der Waals surface area contributed by atoms with Gasteiger partial charge >= 0.3 is 17.9 Å². The number of rotatable bonds is 60. The number of esters is 3. The Hall–Kier alpha value is -1.85. The van der Waals surface area contributed by atoms with Gasteiger partial charge in [-0.3, -0.25) is 14.4 Å². The smallest absolute Gasteiger partial charge is 0.306 e. The molecule has 0 bridgehead atoms. The van der Waals surface area contributed by atoms with Gasteiger partial charge in [0.15, 0.2) is 6.10 Å². The maximum atomic E-state index is 12.9. The Bertz CT molecular complexity index is 1100. The predicted molar refractivity (Wildman–Crippen MR) is 307 cm³/mol. The molecule has 71 heavy (non-hydrogen) atoms. The Labute approximate surface area is 443 Å². The van der Waals surface area contributed by atoms with Gasteiger partial charge in [-0.05, 0) is 44.9 Å². The zero-order valence-corrected chi connectivity index (χ0v) is 48.3. The van der Waals surface area contributed by atoms with Crippen molar-refractivity contribution in [3.8, 4) is 0 Å². The summed E-state index contributed by atoms with van der Waals surface area (Å²) in [5.74, 6) is -0.849. The van der Waals surface area contributed by atoms with Gasteiger partial charge in [-0.15, -0.1) is 0 Å². The first-order valence-electron chi connectivity index (χ1n) is 32.2. The number of allylic oxidation sites excluding steroid dienone is 2. The Morgan fingerprint density at radius 1 is 0.268 bits per heavy atom. The maximum Gasteiger partial charge on any atom is 0.306 e. The summed E-state index contributed by atoms with van der Waals surface area (Å²) in [7, 11) is 0. The monoisotopic (exact) mass is 1000 g/mol. The second-order valence-electron chi connectivity index (χ2n) is 22.0. The Kier molecular flexibility index (Phi) is 59.1. The summed E-state index contributed by atoms with van der Waals surface area (Å²) in [6.07, 6.45) is 70.9. The number of hydrogen-bond donors (Lipinski definition) is 0. The van der Waals surface area contributed by atoms with Crippen LogP contribution in [0.15, 0.2) is 12.2 Å². The summed E-state index contributed by atoms with van der Waals surface area (Å²) in [4.78, 5) is 38.2. The first-order valence-corrected chi connectivity index (χ1v) is 32.2. The van der Waals surface area contributed by atoms with Crippen molar-refractivity contribution >= 4 is 17.9 Å². The topological polar surface area (TPSA) is 78.9 Å². The van der Waals surface area contributed by atoms with Crippen LogP contribution in [0.1, 0.15) is 367 Å². The average molecular weight is 1000 g/mol. The lowest BCUT2D eigenvalue weighted by molar-refractivity contribution is -0.167. The van der Waals surface area contributed by atoms with E-state index >= 15 is 0 Å². The van der Waals surface area contributed by atoms with E-state index in [1.807, 2.05) is 0 Å². The van der Waals surface area contributed by atoms with Crippen LogP contribution in [0.25, 0.3) is 0 Å². The van der Waals surface area contributed by atoms with Crippen molar-refractivity contribution in [3.05, 3.63) is 12.2 Å². The van der Waals surface area contributed by atoms with Gasteiger partial charge in [-0.25, -0.2) is 0 Å². The summed E-state index contributed by atoms with van der Waals surface area (Å²) in [5, 5.41) is 0. The molecular weight excluding hydrogens is 877 g/mol. The standard InChI is InChI=1S/C65H124O6/c1-4-7-10-13-16-19-22-24-26-28-29-30-31-32-33-34-35-36-37-39-40-43-46-49-52-55-58-64(67)70-61-62(60-69-63(66)57-54-51-48-45-42-21-18-15-12-9-6-3)71-65(68)59-56-53-50-47-44-41-38-27-25-23-20-17-14-11-8-5-2/h27,38,62H,4-26,28-37,39-61H2,1-3H3/b38-27-. The molecule has 6 nitrogen and oxygen atoms in total. The summed E-state index contributed by atoms with van der Waals surface area (Å²) < 4.78 is 16.9. The van der Waals surface area contributed by atoms with Crippen LogP contribution >= 0.6 is 0 Å². The van der Waals surface area contributed by atoms with Crippen LogP contribution in [0.2, 0.25) is 0 Å². The van der Waals surface area contributed by atoms with Crippen LogP contribution in [0.5, 0.6) is 0 Å². The van der Waals surface area contributed by atoms with Crippen LogP contribution in [0.4, 0.5) is 0 Å². The summed E-state index contributed by atoms with van der Waals surface area (Å²) >= 11 is 0. The molecule has 0 aliphatic carbocycles. The molecule has 1 atom stereocenters. The van der Waals surface area contributed by atoms with E-state index in [9.17, 15) is 14.4 Å². The van der Waals surface area contributed by atoms with Gasteiger partial charge in [-0.1, -0.05) is 315 Å². The fourth-order valence-electron chi connectivity index (χ4n) is 9.91. The lowest BCUT2D eigenvalue weighted by atomic mass is 10.0. The normalized spacial score (nSPS) is 12.0. The molecule has 0 fully saturated rings. The fraction of sp³-hybridized carbons (Fsp3) is 0.923. The van der Waals surface area contributed by atoms with Crippen molar-refractivity contribution < 1.29 is 28.6 Å². The minimum absolute atomic E-state index is 0.0672. The van der Waals surface area contributed by atoms with Crippen LogP contribution in [0, 0.1) is 0 Å². The van der Waals surface area contributed by atoms with Crippen LogP contribution in [0.3, 0.4) is 0 Å². The third kappa shape index (κ3) is 58.9. The van der Waals surface area contributed by atoms with Crippen molar-refractivity contribution in [2.45, 2.75) is 374 Å². The van der Waals surface area contributed by atoms with Crippen molar-refractivity contribution in [2.75, 3.05) is 13.2 Å². The third-order valence-electron chi connectivity index (χ3n) is 14.8. The summed E-state index contributed by atoms with van der Waals surface area (Å²) in [5.41, 5.74) is 0. The van der Waals surface area contributed by atoms with Crippen molar-refractivity contribution in [3.63, 3.8) is 0 Å². The first-order chi connectivity index (χ1) is 35.0. The highest BCUT2D eigenvalue weighted by molar-refractivity contribution is 5.71. The number of hydrogen-bond acceptors (Lipinski definition) is 6. The molecule has 0 saturated heterocycles. The number of ether oxygens (including phenoxy) is 3. The molecule has 0 saturated carbocycles. The molecule has 0 heterocycles. The van der Waals surface area contributed by atoms with E-state index in [2.05, 4.69) is 32.9 Å². The van der Waals surface area contributed by atoms with Gasteiger partial charge in [0.2, 0.25) is 0 Å². The lowest BCUT2D eigenvalue weighted by Gasteiger charge is -2.18. The first kappa shape index (κ1) is 69.2. The Morgan fingerprint density at radius 3 is 0.704 bits per heavy atom. The Morgan fingerprint density at radius 2 is 0.465 bits per heavy atom. The van der Waals surface area contributed by atoms with E-state index in [-0.39, 0.29) is 31.1 Å². The van der Waals surface area contributed by atoms with E-state index in [1.165, 1.54) is 263 Å². The maximum absolute atomic E-state index is 12.9. The highest BCUT2D eigenvalue weighted by Gasteiger charge is 2.19. The van der Waals surface area contributed by atoms with Gasteiger partial charge in [0.1, 0.15) is 13.2 Å². The zero-order chi connectivity index (χ0) is 51.4. The van der Waals surface area contributed by atoms with Gasteiger partial charge in [0.25, 0.3) is 0 Å². The van der Waals surface area contributed by atoms with Crippen molar-refractivity contribution in [1.29, 1.82) is 0 Å². The van der Waals surface area contributed by atoms with Crippen molar-refractivity contribution in [1.82, 2.24) is 0 Å². The quantitative estimate of drug-likeness (QED) is 0.0261. The largest absolute Gasteiger partial charge is 0.462 e. The number of carbonyl (C=O) groups excluding carboxylic acids is 3. The summed E-state index contributed by atoms with van der Waals surface area (Å²) in [6.45, 7) is 6.69. The molecule has 1 unspecified atom stereocenters. The van der Waals surface area contributed by atoms with Gasteiger partial charge in [-0.2, -0.15) is 0 Å². The highest BCUT2D eigenvalue weighted by atomic mass is 16.6. The van der Waals surface area contributed by atoms with Crippen molar-refractivity contribution in [2.24, 2.45) is 0 Å². The average Bonchev–Trinajstić information content (AvgIpc) is 3.37. The van der Waals surface area contributed by atoms with Crippen LogP contribution < -0.4 is 0 Å². The molecule has 0 aliphatic rings. The fourth-order valence-corrected chi connectivity index (χ4v) is 9.91. The molecule has 0 aromatic heterocycles. The molecule has 0 spiro atoms. The molecule has 0 radical (unpaired) electrons. The zero-order valence-electron chi connectivity index (χ0n) is 48.3. The molecule has 0 aromatic carbocycles. The van der Waals surface area contributed by atoms with E-state index in [0.717, 1.165) is 64.2 Å². The second-order valence-corrected chi connectivity index (χ2v) is 22.0. The molecule has 0 rings (SSSR count). The van der Waals surface area contributed by atoms with E-state index in [0.29, 0.717) is 19.3 Å². The molecular formula is C65H124O6. The summed E-state index contributed by atoms with van der Waals surface area (Å²) in [6, 6.07) is 0. The minimum Gasteiger partial charge on any atom is -0.462 e. The van der Waals surface area contributed by atoms with Gasteiger partial charge in [0.05, 0.1) is 0 Å². The molecule has 420 valence electrons. The molecule has 6 heteroatoms. The van der Waals surface area contributed by atoms with Crippen LogP contribution in [-0.2, 0) is 28.6 Å². The number of carbonyl (C=O) groups is 3. The third-order valence-corrected chi connectivity index (χ3v) is 14.8. The van der Waals surface area contributed by atoms with E-state index in [1.54, 1.807) is 0 Å². The lowest BCUT2D eigenvalue weighted by Crippen LogP contribution is -2.30. The second kappa shape index (κ2) is 60.7. The van der Waals surface area contributed by atoms with Gasteiger partial charge < -0.3 is 14.2 Å². The molecule has 0 aliphatic heterocycles. The SMILES string of the molecule is CCCCCCCCC/C=C\CCCCCCCC(=O)OC(COC(=O)CCCCCCCCCCCCC)COC(=O)CCCCCCCCCCCCCCCCCCCCCCCCCCCC. The molecule has 0 amide bonds. The van der Waals surface area contributed by atoms with E-state index in [4.69, 9.17) is 14.2 Å². The van der Waals surface area contributed by atoms with E-state index < -0.39 is 6.10 Å². The minimum atomic E-state index is -0.769. The molecule has 0 aromatic rings.